The Morgan fingerprint density at radius 2 is 1.70 bits per heavy atom. The van der Waals surface area contributed by atoms with Crippen molar-refractivity contribution in [2.24, 2.45) is 11.8 Å². The summed E-state index contributed by atoms with van der Waals surface area (Å²) < 4.78 is 15.0. The van der Waals surface area contributed by atoms with Gasteiger partial charge in [0.05, 0.1) is 17.6 Å². The maximum absolute atomic E-state index is 15.0. The number of rotatable bonds is 8. The van der Waals surface area contributed by atoms with Crippen molar-refractivity contribution in [2.45, 2.75) is 70.9 Å². The molecule has 9 nitrogen and oxygen atoms in total. The summed E-state index contributed by atoms with van der Waals surface area (Å²) in [7, 11) is 0. The fourth-order valence-corrected chi connectivity index (χ4v) is 5.38. The van der Waals surface area contributed by atoms with Gasteiger partial charge in [-0.25, -0.2) is 4.39 Å². The smallest absolute Gasteiger partial charge is 0.303 e. The summed E-state index contributed by atoms with van der Waals surface area (Å²) in [4.78, 5) is 40.9. The third-order valence-corrected chi connectivity index (χ3v) is 7.67. The van der Waals surface area contributed by atoms with Gasteiger partial charge in [0.15, 0.2) is 0 Å². The van der Waals surface area contributed by atoms with E-state index in [2.05, 4.69) is 5.32 Å². The number of piperidine rings is 2. The number of hydrogen-bond acceptors (Lipinski definition) is 5. The van der Waals surface area contributed by atoms with Gasteiger partial charge in [-0.2, -0.15) is 0 Å². The monoisotopic (exact) mass is 518 g/mol. The molecule has 10 heteroatoms. The molecule has 2 aliphatic heterocycles. The predicted octanol–water partition coefficient (Wildman–Crippen LogP) is 2.86. The van der Waals surface area contributed by atoms with Gasteiger partial charge >= 0.3 is 5.97 Å². The molecule has 2 heterocycles. The molecule has 37 heavy (non-hydrogen) atoms. The second-order valence-corrected chi connectivity index (χ2v) is 10.8. The third-order valence-electron chi connectivity index (χ3n) is 7.67. The molecule has 1 aromatic rings. The predicted molar refractivity (Wildman–Crippen MR) is 137 cm³/mol. The van der Waals surface area contributed by atoms with Crippen LogP contribution in [0.2, 0.25) is 0 Å². The second-order valence-electron chi connectivity index (χ2n) is 10.8. The van der Waals surface area contributed by atoms with Crippen LogP contribution >= 0.6 is 0 Å². The van der Waals surface area contributed by atoms with Crippen LogP contribution in [0.3, 0.4) is 0 Å². The van der Waals surface area contributed by atoms with E-state index in [4.69, 9.17) is 10.5 Å². The van der Waals surface area contributed by atoms with Gasteiger partial charge in [-0.15, -0.1) is 0 Å². The molecular formula is C27H39FN4O5. The van der Waals surface area contributed by atoms with E-state index in [1.807, 2.05) is 6.92 Å². The average Bonchev–Trinajstić information content (AvgIpc) is 2.83. The number of carboxylic acids is 1. The zero-order valence-corrected chi connectivity index (χ0v) is 21.9. The van der Waals surface area contributed by atoms with Crippen LogP contribution in [0.5, 0.6) is 0 Å². The second kappa shape index (κ2) is 12.0. The first-order valence-corrected chi connectivity index (χ1v) is 13.1. The number of aliphatic hydroxyl groups is 1. The highest BCUT2D eigenvalue weighted by molar-refractivity contribution is 5.99. The summed E-state index contributed by atoms with van der Waals surface area (Å²) in [5.41, 5.74) is -0.749. The van der Waals surface area contributed by atoms with Crippen molar-refractivity contribution in [3.05, 3.63) is 35.1 Å². The van der Waals surface area contributed by atoms with Crippen molar-refractivity contribution < 1.29 is 29.0 Å². The molecule has 4 N–H and O–H groups in total. The summed E-state index contributed by atoms with van der Waals surface area (Å²) in [6.07, 6.45) is 2.57. The number of halogens is 1. The summed E-state index contributed by atoms with van der Waals surface area (Å²) in [6.45, 7) is 7.37. The minimum Gasteiger partial charge on any atom is -0.481 e. The van der Waals surface area contributed by atoms with E-state index in [1.54, 1.807) is 29.7 Å². The molecule has 3 rings (SSSR count). The first-order valence-electron chi connectivity index (χ1n) is 13.1. The van der Waals surface area contributed by atoms with Crippen LogP contribution in [0.15, 0.2) is 18.2 Å². The number of likely N-dealkylation sites (tertiary alicyclic amines) is 2. The number of aliphatic carboxylic acids is 1. The van der Waals surface area contributed by atoms with E-state index in [0.29, 0.717) is 63.8 Å². The fraction of sp³-hybridized carbons (Fsp3) is 0.630. The molecule has 2 aliphatic rings. The van der Waals surface area contributed by atoms with Crippen molar-refractivity contribution >= 4 is 23.6 Å². The molecule has 2 amide bonds. The Morgan fingerprint density at radius 1 is 1.11 bits per heavy atom. The number of carbonyl (C=O) groups excluding carboxylic acids is 2. The van der Waals surface area contributed by atoms with Gasteiger partial charge < -0.3 is 25.3 Å². The molecular weight excluding hydrogens is 479 g/mol. The molecule has 0 aliphatic carbocycles. The highest BCUT2D eigenvalue weighted by Gasteiger charge is 2.39. The Morgan fingerprint density at radius 3 is 2.24 bits per heavy atom. The number of nitrogens with one attached hydrogen (secondary N) is 2. The van der Waals surface area contributed by atoms with Gasteiger partial charge in [0.1, 0.15) is 11.7 Å². The summed E-state index contributed by atoms with van der Waals surface area (Å²) >= 11 is 0. The van der Waals surface area contributed by atoms with Gasteiger partial charge in [-0.1, -0.05) is 13.0 Å². The fourth-order valence-electron chi connectivity index (χ4n) is 5.38. The first-order chi connectivity index (χ1) is 17.4. The van der Waals surface area contributed by atoms with Crippen molar-refractivity contribution in [1.29, 1.82) is 5.41 Å². The molecule has 1 unspecified atom stereocenters. The first kappa shape index (κ1) is 28.6. The Bertz CT molecular complexity index is 1010. The Kier molecular flexibility index (Phi) is 9.28. The Balaban J connectivity index is 1.64. The third kappa shape index (κ3) is 7.06. The number of amidine groups is 1. The van der Waals surface area contributed by atoms with E-state index in [0.717, 1.165) is 0 Å². The quantitative estimate of drug-likeness (QED) is 0.309. The van der Waals surface area contributed by atoms with Crippen molar-refractivity contribution in [3.63, 3.8) is 0 Å². The molecule has 2 fully saturated rings. The van der Waals surface area contributed by atoms with E-state index in [1.165, 1.54) is 12.1 Å². The number of benzene rings is 1. The molecule has 2 saturated heterocycles. The SMILES string of the molecule is CCC(C(=O)N1CCC(CC(=O)O)CC1)C(C)(C)NC(=O)c1ccc(C(=N)N2CCC(O)CC2)cc1F. The van der Waals surface area contributed by atoms with Crippen molar-refractivity contribution in [3.8, 4) is 0 Å². The van der Waals surface area contributed by atoms with Gasteiger partial charge in [-0.05, 0) is 64.0 Å². The molecule has 0 radical (unpaired) electrons. The average molecular weight is 519 g/mol. The Hall–Kier alpha value is -3.01. The molecule has 204 valence electrons. The molecule has 1 atom stereocenters. The maximum Gasteiger partial charge on any atom is 0.303 e. The Labute approximate surface area is 217 Å². The molecule has 0 bridgehead atoms. The summed E-state index contributed by atoms with van der Waals surface area (Å²) in [5, 5.41) is 29.9. The van der Waals surface area contributed by atoms with Gasteiger partial charge in [0.25, 0.3) is 5.91 Å². The van der Waals surface area contributed by atoms with Crippen molar-refractivity contribution in [2.75, 3.05) is 26.2 Å². The van der Waals surface area contributed by atoms with Gasteiger partial charge in [-0.3, -0.25) is 19.8 Å². The van der Waals surface area contributed by atoms with E-state index < -0.39 is 29.2 Å². The van der Waals surface area contributed by atoms with E-state index >= 15 is 0 Å². The minimum atomic E-state index is -0.951. The van der Waals surface area contributed by atoms with Crippen LogP contribution in [0.25, 0.3) is 0 Å². The number of amides is 2. The van der Waals surface area contributed by atoms with Gasteiger partial charge in [0.2, 0.25) is 5.91 Å². The van der Waals surface area contributed by atoms with Crippen LogP contribution < -0.4 is 5.32 Å². The van der Waals surface area contributed by atoms with Crippen molar-refractivity contribution in [1.82, 2.24) is 15.1 Å². The standard InChI is InChI=1S/C27H39FN4O5/c1-4-21(26(37)32-11-7-17(8-12-32)15-23(34)35)27(2,3)30-25(36)20-6-5-18(16-22(20)28)24(29)31-13-9-19(33)10-14-31/h5-6,16-17,19,21,29,33H,4,7-15H2,1-3H3,(H,30,36)(H,34,35). The highest BCUT2D eigenvalue weighted by atomic mass is 19.1. The maximum atomic E-state index is 15.0. The molecule has 1 aromatic carbocycles. The number of hydrogen-bond donors (Lipinski definition) is 4. The molecule has 0 spiro atoms. The lowest BCUT2D eigenvalue weighted by Crippen LogP contribution is -2.55. The topological polar surface area (TPSA) is 134 Å². The molecule has 0 saturated carbocycles. The van der Waals surface area contributed by atoms with Crippen LogP contribution in [0.1, 0.15) is 75.2 Å². The normalized spacial score (nSPS) is 18.4. The number of nitrogens with zero attached hydrogens (tertiary/aromatic N) is 2. The van der Waals surface area contributed by atoms with Crippen LogP contribution in [-0.4, -0.2) is 81.5 Å². The number of carboxylic acid groups (broad SMARTS) is 1. The summed E-state index contributed by atoms with van der Waals surface area (Å²) in [5.74, 6) is -2.62. The zero-order chi connectivity index (χ0) is 27.3. The number of aliphatic hydroxyl groups excluding tert-OH is 1. The van der Waals surface area contributed by atoms with Crippen LogP contribution in [-0.2, 0) is 9.59 Å². The lowest BCUT2D eigenvalue weighted by Gasteiger charge is -2.39. The summed E-state index contributed by atoms with van der Waals surface area (Å²) in [6, 6.07) is 4.08. The van der Waals surface area contributed by atoms with Crippen LogP contribution in [0.4, 0.5) is 4.39 Å². The largest absolute Gasteiger partial charge is 0.481 e. The lowest BCUT2D eigenvalue weighted by atomic mass is 9.82. The van der Waals surface area contributed by atoms with E-state index in [-0.39, 0.29) is 35.7 Å². The van der Waals surface area contributed by atoms with E-state index in [9.17, 15) is 23.9 Å². The highest BCUT2D eigenvalue weighted by Crippen LogP contribution is 2.28. The van der Waals surface area contributed by atoms with Crippen LogP contribution in [0, 0.1) is 23.1 Å². The lowest BCUT2D eigenvalue weighted by molar-refractivity contribution is -0.140. The minimum absolute atomic E-state index is 0.0586. The number of carbonyl (C=O) groups is 3. The van der Waals surface area contributed by atoms with Gasteiger partial charge in [0, 0.05) is 43.7 Å². The molecule has 0 aromatic heterocycles. The zero-order valence-electron chi connectivity index (χ0n) is 21.9.